The highest BCUT2D eigenvalue weighted by atomic mass is 32.1. The number of aromatic nitrogens is 4. The number of thiophene rings is 1. The summed E-state index contributed by atoms with van der Waals surface area (Å²) in [6.07, 6.45) is 0.944. The molecule has 31 heavy (non-hydrogen) atoms. The number of aliphatic carboxylic acids is 2. The van der Waals surface area contributed by atoms with Crippen molar-refractivity contribution in [1.29, 1.82) is 0 Å². The molecule has 1 unspecified atom stereocenters. The number of hydrogen-bond acceptors (Lipinski definition) is 10. The number of hydrogen-bond donors (Lipinski definition) is 5. The van der Waals surface area contributed by atoms with Gasteiger partial charge in [-0.15, -0.1) is 11.3 Å². The lowest BCUT2D eigenvalue weighted by molar-refractivity contribution is -0.140. The summed E-state index contributed by atoms with van der Waals surface area (Å²) in [5.41, 5.74) is 12.6. The van der Waals surface area contributed by atoms with Crippen molar-refractivity contribution in [3.63, 3.8) is 0 Å². The van der Waals surface area contributed by atoms with Gasteiger partial charge in [0.1, 0.15) is 6.04 Å². The molecule has 0 aromatic carbocycles. The first kappa shape index (κ1) is 21.8. The van der Waals surface area contributed by atoms with Crippen molar-refractivity contribution in [1.82, 2.24) is 25.3 Å². The third kappa shape index (κ3) is 5.01. The second kappa shape index (κ2) is 8.87. The average Bonchev–Trinajstić information content (AvgIpc) is 3.20. The van der Waals surface area contributed by atoms with Gasteiger partial charge >= 0.3 is 11.9 Å². The highest BCUT2D eigenvalue weighted by Gasteiger charge is 2.23. The summed E-state index contributed by atoms with van der Waals surface area (Å²) in [6, 6.07) is 1.99. The molecule has 0 spiro atoms. The molecule has 0 bridgehead atoms. The van der Waals surface area contributed by atoms with Gasteiger partial charge in [-0.3, -0.25) is 9.59 Å². The van der Waals surface area contributed by atoms with Crippen molar-refractivity contribution in [2.75, 3.05) is 11.5 Å². The number of carboxylic acid groups (broad SMARTS) is 2. The van der Waals surface area contributed by atoms with Crippen LogP contribution in [-0.4, -0.2) is 54.0 Å². The van der Waals surface area contributed by atoms with Gasteiger partial charge in [0, 0.05) is 17.2 Å². The SMILES string of the molecule is CC(c1cnc2nc(N)nc(N)c2n1)c1ccc(C(=O)N[C@@H](CCC(=O)O)C(=O)O)s1. The first-order valence-corrected chi connectivity index (χ1v) is 9.88. The minimum atomic E-state index is -1.30. The Morgan fingerprint density at radius 1 is 1.16 bits per heavy atom. The van der Waals surface area contributed by atoms with Crippen LogP contribution in [0.15, 0.2) is 18.3 Å². The fourth-order valence-electron chi connectivity index (χ4n) is 2.78. The molecule has 13 heteroatoms. The Labute approximate surface area is 179 Å². The lowest BCUT2D eigenvalue weighted by atomic mass is 10.1. The van der Waals surface area contributed by atoms with E-state index in [0.29, 0.717) is 11.2 Å². The Balaban J connectivity index is 1.78. The molecule has 1 amide bonds. The summed E-state index contributed by atoms with van der Waals surface area (Å²) in [5, 5.41) is 20.3. The molecule has 0 aliphatic rings. The Bertz CT molecular complexity index is 1170. The summed E-state index contributed by atoms with van der Waals surface area (Å²) in [5.74, 6) is -3.18. The summed E-state index contributed by atoms with van der Waals surface area (Å²) in [4.78, 5) is 52.0. The van der Waals surface area contributed by atoms with Gasteiger partial charge in [-0.25, -0.2) is 14.8 Å². The smallest absolute Gasteiger partial charge is 0.326 e. The van der Waals surface area contributed by atoms with Gasteiger partial charge in [0.15, 0.2) is 17.0 Å². The van der Waals surface area contributed by atoms with Crippen LogP contribution in [0.25, 0.3) is 11.2 Å². The maximum Gasteiger partial charge on any atom is 0.326 e. The van der Waals surface area contributed by atoms with E-state index in [9.17, 15) is 19.5 Å². The van der Waals surface area contributed by atoms with Crippen LogP contribution in [0.4, 0.5) is 11.8 Å². The number of anilines is 2. The maximum atomic E-state index is 12.4. The van der Waals surface area contributed by atoms with Gasteiger partial charge < -0.3 is 27.0 Å². The van der Waals surface area contributed by atoms with Gasteiger partial charge in [-0.2, -0.15) is 9.97 Å². The second-order valence-electron chi connectivity index (χ2n) is 6.65. The van der Waals surface area contributed by atoms with Crippen LogP contribution in [0, 0.1) is 0 Å². The van der Waals surface area contributed by atoms with E-state index in [4.69, 9.17) is 16.6 Å². The largest absolute Gasteiger partial charge is 0.481 e. The van der Waals surface area contributed by atoms with E-state index >= 15 is 0 Å². The number of nitrogens with one attached hydrogen (secondary N) is 1. The Hall–Kier alpha value is -3.87. The van der Waals surface area contributed by atoms with Gasteiger partial charge in [-0.1, -0.05) is 6.92 Å². The topological polar surface area (TPSA) is 207 Å². The summed E-state index contributed by atoms with van der Waals surface area (Å²) in [7, 11) is 0. The van der Waals surface area contributed by atoms with Crippen LogP contribution in [0.1, 0.15) is 45.9 Å². The molecule has 0 fully saturated rings. The Morgan fingerprint density at radius 2 is 1.90 bits per heavy atom. The Morgan fingerprint density at radius 3 is 2.58 bits per heavy atom. The molecule has 3 aromatic heterocycles. The van der Waals surface area contributed by atoms with E-state index in [1.807, 2.05) is 6.92 Å². The van der Waals surface area contributed by atoms with Crippen LogP contribution in [0.5, 0.6) is 0 Å². The number of rotatable bonds is 8. The molecule has 12 nitrogen and oxygen atoms in total. The van der Waals surface area contributed by atoms with E-state index in [2.05, 4.69) is 25.3 Å². The fraction of sp³-hybridized carbons (Fsp3) is 0.278. The number of amides is 1. The zero-order valence-corrected chi connectivity index (χ0v) is 17.1. The fourth-order valence-corrected chi connectivity index (χ4v) is 3.75. The molecule has 2 atom stereocenters. The van der Waals surface area contributed by atoms with Crippen molar-refractivity contribution < 1.29 is 24.6 Å². The van der Waals surface area contributed by atoms with E-state index in [1.165, 1.54) is 6.20 Å². The number of carboxylic acids is 2. The molecule has 3 aromatic rings. The molecule has 0 radical (unpaired) electrons. The lowest BCUT2D eigenvalue weighted by Gasteiger charge is -2.13. The number of nitrogen functional groups attached to an aromatic ring is 2. The third-order valence-electron chi connectivity index (χ3n) is 4.44. The normalized spacial score (nSPS) is 12.9. The molecule has 0 saturated carbocycles. The van der Waals surface area contributed by atoms with E-state index in [-0.39, 0.29) is 41.1 Å². The molecule has 7 N–H and O–H groups in total. The molecular formula is C18H19N7O5S. The maximum absolute atomic E-state index is 12.4. The van der Waals surface area contributed by atoms with Crippen molar-refractivity contribution in [2.45, 2.75) is 31.7 Å². The summed E-state index contributed by atoms with van der Waals surface area (Å²) < 4.78 is 0. The molecule has 0 aliphatic carbocycles. The van der Waals surface area contributed by atoms with Crippen LogP contribution < -0.4 is 16.8 Å². The second-order valence-corrected chi connectivity index (χ2v) is 7.77. The molecule has 162 valence electrons. The number of carbonyl (C=O) groups is 3. The van der Waals surface area contributed by atoms with Crippen molar-refractivity contribution in [2.24, 2.45) is 0 Å². The highest BCUT2D eigenvalue weighted by Crippen LogP contribution is 2.30. The standard InChI is InChI=1S/C18H19N7O5S/c1-7(9-6-21-15-13(22-9)14(19)24-18(20)25-15)10-3-4-11(31-10)16(28)23-8(17(29)30)2-5-12(26)27/h3-4,6-8H,2,5H2,1H3,(H,23,28)(H,26,27)(H,29,30)(H4,19,20,21,24,25)/t7?,8-/m0/s1. The highest BCUT2D eigenvalue weighted by molar-refractivity contribution is 7.14. The van der Waals surface area contributed by atoms with Gasteiger partial charge in [-0.05, 0) is 18.6 Å². The van der Waals surface area contributed by atoms with E-state index in [0.717, 1.165) is 16.2 Å². The van der Waals surface area contributed by atoms with Gasteiger partial charge in [0.2, 0.25) is 5.95 Å². The first-order chi connectivity index (χ1) is 14.7. The first-order valence-electron chi connectivity index (χ1n) is 9.06. The zero-order chi connectivity index (χ0) is 22.7. The Kier molecular flexibility index (Phi) is 6.25. The number of nitrogens with zero attached hydrogens (tertiary/aromatic N) is 4. The monoisotopic (exact) mass is 445 g/mol. The van der Waals surface area contributed by atoms with Crippen molar-refractivity contribution in [3.05, 3.63) is 33.8 Å². The summed E-state index contributed by atoms with van der Waals surface area (Å²) >= 11 is 1.16. The lowest BCUT2D eigenvalue weighted by Crippen LogP contribution is -2.40. The van der Waals surface area contributed by atoms with E-state index < -0.39 is 23.9 Å². The molecule has 3 rings (SSSR count). The quantitative estimate of drug-likeness (QED) is 0.328. The van der Waals surface area contributed by atoms with E-state index in [1.54, 1.807) is 12.1 Å². The van der Waals surface area contributed by atoms with Gasteiger partial charge in [0.25, 0.3) is 5.91 Å². The third-order valence-corrected chi connectivity index (χ3v) is 5.71. The van der Waals surface area contributed by atoms with Crippen LogP contribution >= 0.6 is 11.3 Å². The molecular weight excluding hydrogens is 426 g/mol. The zero-order valence-electron chi connectivity index (χ0n) is 16.3. The van der Waals surface area contributed by atoms with Crippen molar-refractivity contribution in [3.8, 4) is 0 Å². The van der Waals surface area contributed by atoms with Gasteiger partial charge in [0.05, 0.1) is 16.8 Å². The minimum absolute atomic E-state index is 0.00275. The van der Waals surface area contributed by atoms with Crippen LogP contribution in [0.2, 0.25) is 0 Å². The molecule has 3 heterocycles. The van der Waals surface area contributed by atoms with Crippen LogP contribution in [-0.2, 0) is 9.59 Å². The minimum Gasteiger partial charge on any atom is -0.481 e. The molecule has 0 aliphatic heterocycles. The molecule has 0 saturated heterocycles. The predicted molar refractivity (Wildman–Crippen MR) is 112 cm³/mol. The number of carbonyl (C=O) groups excluding carboxylic acids is 1. The average molecular weight is 445 g/mol. The van der Waals surface area contributed by atoms with Crippen molar-refractivity contribution >= 4 is 52.1 Å². The number of fused-ring (bicyclic) bond motifs is 1. The summed E-state index contributed by atoms with van der Waals surface area (Å²) in [6.45, 7) is 1.87. The predicted octanol–water partition coefficient (Wildman–Crippen LogP) is 0.845. The van der Waals surface area contributed by atoms with Crippen LogP contribution in [0.3, 0.4) is 0 Å². The number of nitrogens with two attached hydrogens (primary N) is 2.